The molecule has 3 rings (SSSR count). The molecule has 1 aromatic heterocycles. The Morgan fingerprint density at radius 1 is 1.17 bits per heavy atom. The molecule has 0 spiro atoms. The first-order chi connectivity index (χ1) is 13.8. The minimum absolute atomic E-state index is 0.00669. The zero-order valence-electron chi connectivity index (χ0n) is 17.6. The van der Waals surface area contributed by atoms with Crippen molar-refractivity contribution in [3.05, 3.63) is 47.4 Å². The van der Waals surface area contributed by atoms with Gasteiger partial charge < -0.3 is 15.5 Å². The Bertz CT molecular complexity index is 832. The van der Waals surface area contributed by atoms with E-state index in [-0.39, 0.29) is 29.7 Å². The highest BCUT2D eigenvalue weighted by molar-refractivity contribution is 5.79. The second kappa shape index (κ2) is 9.20. The first kappa shape index (κ1) is 21.0. The molecule has 0 bridgehead atoms. The molecule has 0 radical (unpaired) electrons. The van der Waals surface area contributed by atoms with Gasteiger partial charge in [-0.2, -0.15) is 4.98 Å². The van der Waals surface area contributed by atoms with Crippen molar-refractivity contribution in [2.75, 3.05) is 24.3 Å². The third-order valence-corrected chi connectivity index (χ3v) is 5.53. The molecule has 1 aromatic carbocycles. The summed E-state index contributed by atoms with van der Waals surface area (Å²) in [5.41, 5.74) is 1.94. The highest BCUT2D eigenvalue weighted by Gasteiger charge is 2.27. The van der Waals surface area contributed by atoms with E-state index < -0.39 is 0 Å². The van der Waals surface area contributed by atoms with E-state index in [2.05, 4.69) is 20.6 Å². The summed E-state index contributed by atoms with van der Waals surface area (Å²) in [4.78, 5) is 23.6. The van der Waals surface area contributed by atoms with Crippen molar-refractivity contribution < 1.29 is 9.18 Å². The molecule has 6 nitrogen and oxygen atoms in total. The zero-order valence-corrected chi connectivity index (χ0v) is 17.6. The summed E-state index contributed by atoms with van der Waals surface area (Å²) in [7, 11) is 3.94. The largest absolute Gasteiger partial charge is 0.362 e. The Morgan fingerprint density at radius 2 is 1.83 bits per heavy atom. The van der Waals surface area contributed by atoms with Crippen LogP contribution in [0.2, 0.25) is 0 Å². The van der Waals surface area contributed by atoms with Gasteiger partial charge in [0.05, 0.1) is 6.04 Å². The lowest BCUT2D eigenvalue weighted by Crippen LogP contribution is -2.37. The maximum absolute atomic E-state index is 13.1. The Kier molecular flexibility index (Phi) is 6.67. The van der Waals surface area contributed by atoms with E-state index in [0.29, 0.717) is 5.95 Å². The smallest absolute Gasteiger partial charge is 0.224 e. The number of benzene rings is 1. The van der Waals surface area contributed by atoms with Crippen LogP contribution in [0.25, 0.3) is 0 Å². The molecular formula is C22H30FN5O. The number of aryl methyl sites for hydroxylation is 1. The fourth-order valence-corrected chi connectivity index (χ4v) is 3.80. The highest BCUT2D eigenvalue weighted by atomic mass is 19.1. The van der Waals surface area contributed by atoms with Crippen molar-refractivity contribution >= 4 is 17.7 Å². The molecule has 1 atom stereocenters. The second-order valence-electron chi connectivity index (χ2n) is 8.07. The van der Waals surface area contributed by atoms with Crippen LogP contribution < -0.4 is 15.5 Å². The standard InChI is InChI=1S/C22H30FN5O/c1-14-13-24-22(27-20(14)28(3)4)26-19-11-7-17(8-12-19)21(29)25-15(2)16-5-9-18(23)10-6-16/h5-6,9-10,13,15,17,19H,7-8,11-12H2,1-4H3,(H,25,29)(H,24,26,27)/t15-,17?,19?/m1/s1. The predicted molar refractivity (Wildman–Crippen MR) is 113 cm³/mol. The van der Waals surface area contributed by atoms with E-state index >= 15 is 0 Å². The molecule has 2 aromatic rings. The Balaban J connectivity index is 1.50. The number of halogens is 1. The van der Waals surface area contributed by atoms with Crippen LogP contribution in [0, 0.1) is 18.7 Å². The third-order valence-electron chi connectivity index (χ3n) is 5.53. The third kappa shape index (κ3) is 5.43. The number of amides is 1. The molecule has 156 valence electrons. The first-order valence-electron chi connectivity index (χ1n) is 10.2. The first-order valence-corrected chi connectivity index (χ1v) is 10.2. The van der Waals surface area contributed by atoms with Gasteiger partial charge in [-0.3, -0.25) is 4.79 Å². The number of nitrogens with zero attached hydrogens (tertiary/aromatic N) is 3. The summed E-state index contributed by atoms with van der Waals surface area (Å²) in [6, 6.07) is 6.40. The predicted octanol–water partition coefficient (Wildman–Crippen LogP) is 3.84. The lowest BCUT2D eigenvalue weighted by Gasteiger charge is -2.29. The lowest BCUT2D eigenvalue weighted by atomic mass is 9.85. The number of anilines is 2. The maximum Gasteiger partial charge on any atom is 0.224 e. The average Bonchev–Trinajstić information content (AvgIpc) is 2.70. The fraction of sp³-hybridized carbons (Fsp3) is 0.500. The molecule has 1 heterocycles. The van der Waals surface area contributed by atoms with Gasteiger partial charge in [0, 0.05) is 37.8 Å². The molecule has 0 unspecified atom stereocenters. The van der Waals surface area contributed by atoms with Crippen molar-refractivity contribution in [3.63, 3.8) is 0 Å². The molecule has 2 N–H and O–H groups in total. The monoisotopic (exact) mass is 399 g/mol. The number of carbonyl (C=O) groups is 1. The van der Waals surface area contributed by atoms with Gasteiger partial charge in [0.1, 0.15) is 11.6 Å². The van der Waals surface area contributed by atoms with Crippen molar-refractivity contribution in [3.8, 4) is 0 Å². The fourth-order valence-electron chi connectivity index (χ4n) is 3.80. The van der Waals surface area contributed by atoms with Crippen LogP contribution in [0.5, 0.6) is 0 Å². The number of aromatic nitrogens is 2. The minimum atomic E-state index is -0.270. The summed E-state index contributed by atoms with van der Waals surface area (Å²) in [5.74, 6) is 1.35. The van der Waals surface area contributed by atoms with Crippen LogP contribution >= 0.6 is 0 Å². The quantitative estimate of drug-likeness (QED) is 0.772. The normalized spacial score (nSPS) is 20.0. The maximum atomic E-state index is 13.1. The molecule has 1 fully saturated rings. The molecule has 0 aliphatic heterocycles. The van der Waals surface area contributed by atoms with Crippen LogP contribution in [0.1, 0.15) is 49.8 Å². The summed E-state index contributed by atoms with van der Waals surface area (Å²) in [6.07, 6.45) is 5.29. The summed E-state index contributed by atoms with van der Waals surface area (Å²) >= 11 is 0. The van der Waals surface area contributed by atoms with Crippen molar-refractivity contribution in [2.45, 2.75) is 51.6 Å². The van der Waals surface area contributed by atoms with Gasteiger partial charge in [-0.25, -0.2) is 9.37 Å². The van der Waals surface area contributed by atoms with E-state index in [4.69, 9.17) is 0 Å². The van der Waals surface area contributed by atoms with Crippen LogP contribution in [-0.4, -0.2) is 36.0 Å². The zero-order chi connectivity index (χ0) is 21.0. The highest BCUT2D eigenvalue weighted by Crippen LogP contribution is 2.27. The molecule has 1 aliphatic rings. The number of carbonyl (C=O) groups excluding carboxylic acids is 1. The van der Waals surface area contributed by atoms with Crippen LogP contribution in [0.3, 0.4) is 0 Å². The number of hydrogen-bond donors (Lipinski definition) is 2. The number of rotatable bonds is 6. The van der Waals surface area contributed by atoms with E-state index in [1.54, 1.807) is 12.1 Å². The van der Waals surface area contributed by atoms with Gasteiger partial charge in [0.2, 0.25) is 11.9 Å². The Morgan fingerprint density at radius 3 is 2.45 bits per heavy atom. The average molecular weight is 400 g/mol. The van der Waals surface area contributed by atoms with Crippen LogP contribution in [-0.2, 0) is 4.79 Å². The molecule has 7 heteroatoms. The van der Waals surface area contributed by atoms with Gasteiger partial charge in [0.15, 0.2) is 0 Å². The molecular weight excluding hydrogens is 369 g/mol. The molecule has 1 saturated carbocycles. The minimum Gasteiger partial charge on any atom is -0.362 e. The molecule has 29 heavy (non-hydrogen) atoms. The van der Waals surface area contributed by atoms with Crippen molar-refractivity contribution in [1.82, 2.24) is 15.3 Å². The Labute approximate surface area is 171 Å². The second-order valence-corrected chi connectivity index (χ2v) is 8.07. The van der Waals surface area contributed by atoms with Gasteiger partial charge in [-0.15, -0.1) is 0 Å². The van der Waals surface area contributed by atoms with Crippen LogP contribution in [0.4, 0.5) is 16.2 Å². The summed E-state index contributed by atoms with van der Waals surface area (Å²) < 4.78 is 13.1. The van der Waals surface area contributed by atoms with E-state index in [0.717, 1.165) is 42.6 Å². The molecule has 0 saturated heterocycles. The van der Waals surface area contributed by atoms with Gasteiger partial charge >= 0.3 is 0 Å². The Hall–Kier alpha value is -2.70. The molecule has 1 amide bonds. The lowest BCUT2D eigenvalue weighted by molar-refractivity contribution is -0.126. The van der Waals surface area contributed by atoms with Gasteiger partial charge in [0.25, 0.3) is 0 Å². The topological polar surface area (TPSA) is 70.1 Å². The number of nitrogens with one attached hydrogen (secondary N) is 2. The summed E-state index contributed by atoms with van der Waals surface area (Å²) in [5, 5.41) is 6.48. The number of hydrogen-bond acceptors (Lipinski definition) is 5. The van der Waals surface area contributed by atoms with E-state index in [1.807, 2.05) is 39.0 Å². The van der Waals surface area contributed by atoms with Crippen molar-refractivity contribution in [1.29, 1.82) is 0 Å². The van der Waals surface area contributed by atoms with Crippen molar-refractivity contribution in [2.24, 2.45) is 5.92 Å². The molecule has 1 aliphatic carbocycles. The van der Waals surface area contributed by atoms with Crippen LogP contribution in [0.15, 0.2) is 30.5 Å². The van der Waals surface area contributed by atoms with Gasteiger partial charge in [-0.05, 0) is 57.2 Å². The summed E-state index contributed by atoms with van der Waals surface area (Å²) in [6.45, 7) is 3.92. The van der Waals surface area contributed by atoms with Gasteiger partial charge in [-0.1, -0.05) is 12.1 Å². The van der Waals surface area contributed by atoms with E-state index in [1.165, 1.54) is 12.1 Å². The SMILES string of the molecule is Cc1cnc(NC2CCC(C(=O)N[C@H](C)c3ccc(F)cc3)CC2)nc1N(C)C. The van der Waals surface area contributed by atoms with E-state index in [9.17, 15) is 9.18 Å².